The van der Waals surface area contributed by atoms with Crippen molar-refractivity contribution < 1.29 is 9.18 Å². The Hall–Kier alpha value is -3.06. The van der Waals surface area contributed by atoms with Crippen LogP contribution in [0.3, 0.4) is 0 Å². The summed E-state index contributed by atoms with van der Waals surface area (Å²) in [4.78, 5) is 25.0. The van der Waals surface area contributed by atoms with Crippen molar-refractivity contribution in [3.63, 3.8) is 0 Å². The molecule has 1 N–H and O–H groups in total. The molecule has 138 valence electrons. The Morgan fingerprint density at radius 2 is 2.00 bits per heavy atom. The van der Waals surface area contributed by atoms with Crippen LogP contribution in [-0.2, 0) is 6.54 Å². The number of carbonyl (C=O) groups is 1. The fourth-order valence-corrected chi connectivity index (χ4v) is 2.82. The average molecular weight is 387 g/mol. The van der Waals surface area contributed by atoms with Crippen LogP contribution in [0.2, 0.25) is 5.02 Å². The molecule has 0 saturated carbocycles. The van der Waals surface area contributed by atoms with E-state index in [1.54, 1.807) is 24.3 Å². The Morgan fingerprint density at radius 3 is 2.70 bits per heavy atom. The lowest BCUT2D eigenvalue weighted by atomic mass is 10.1. The zero-order chi connectivity index (χ0) is 19.4. The van der Waals surface area contributed by atoms with Crippen molar-refractivity contribution in [1.82, 2.24) is 15.2 Å². The van der Waals surface area contributed by atoms with Gasteiger partial charge in [0.15, 0.2) is 5.69 Å². The number of halogens is 2. The van der Waals surface area contributed by atoms with Gasteiger partial charge in [0.25, 0.3) is 11.5 Å². The molecule has 0 atom stereocenters. The molecular formula is C19H16ClFN4O2. The van der Waals surface area contributed by atoms with E-state index in [4.69, 9.17) is 11.6 Å². The van der Waals surface area contributed by atoms with Gasteiger partial charge in [-0.2, -0.15) is 10.2 Å². The second kappa shape index (κ2) is 8.09. The Balaban J connectivity index is 1.95. The van der Waals surface area contributed by atoms with Crippen molar-refractivity contribution in [2.24, 2.45) is 5.10 Å². The molecule has 8 heteroatoms. The SMILES string of the molecule is CCCn1nc(C(=O)N/N=C\c2c(F)cccc2Cl)c2ccccc2c1=O. The maximum atomic E-state index is 13.7. The standard InChI is InChI=1S/C19H16ClFN4O2/c1-2-10-25-19(27)13-7-4-3-6-12(13)17(24-25)18(26)23-22-11-14-15(20)8-5-9-16(14)21/h3-9,11H,2,10H2,1H3,(H,23,26)/b22-11-. The van der Waals surface area contributed by atoms with Crippen LogP contribution in [0.5, 0.6) is 0 Å². The molecule has 3 aromatic rings. The lowest BCUT2D eigenvalue weighted by Crippen LogP contribution is -2.29. The lowest BCUT2D eigenvalue weighted by Gasteiger charge is -2.09. The van der Waals surface area contributed by atoms with E-state index in [1.165, 1.54) is 22.9 Å². The summed E-state index contributed by atoms with van der Waals surface area (Å²) in [5.41, 5.74) is 2.18. The number of amides is 1. The van der Waals surface area contributed by atoms with E-state index in [9.17, 15) is 14.0 Å². The number of hydrazone groups is 1. The van der Waals surface area contributed by atoms with Gasteiger partial charge in [-0.3, -0.25) is 9.59 Å². The highest BCUT2D eigenvalue weighted by Crippen LogP contribution is 2.17. The maximum Gasteiger partial charge on any atom is 0.292 e. The van der Waals surface area contributed by atoms with Gasteiger partial charge < -0.3 is 0 Å². The quantitative estimate of drug-likeness (QED) is 0.539. The Labute approximate surface area is 159 Å². The van der Waals surface area contributed by atoms with Gasteiger partial charge in [0, 0.05) is 17.5 Å². The number of hydrogen-bond acceptors (Lipinski definition) is 4. The summed E-state index contributed by atoms with van der Waals surface area (Å²) < 4.78 is 15.0. The Morgan fingerprint density at radius 1 is 1.26 bits per heavy atom. The van der Waals surface area contributed by atoms with E-state index in [0.29, 0.717) is 23.7 Å². The minimum absolute atomic E-state index is 0.0632. The summed E-state index contributed by atoms with van der Waals surface area (Å²) in [6.45, 7) is 2.30. The topological polar surface area (TPSA) is 76.3 Å². The van der Waals surface area contributed by atoms with E-state index in [1.807, 2.05) is 6.92 Å². The number of aryl methyl sites for hydroxylation is 1. The van der Waals surface area contributed by atoms with Gasteiger partial charge in [-0.15, -0.1) is 0 Å². The summed E-state index contributed by atoms with van der Waals surface area (Å²) in [7, 11) is 0. The first-order valence-corrected chi connectivity index (χ1v) is 8.68. The van der Waals surface area contributed by atoms with Crippen LogP contribution >= 0.6 is 11.6 Å². The molecule has 27 heavy (non-hydrogen) atoms. The third-order valence-corrected chi connectivity index (χ3v) is 4.21. The first-order chi connectivity index (χ1) is 13.0. The van der Waals surface area contributed by atoms with Gasteiger partial charge in [-0.1, -0.05) is 42.8 Å². The summed E-state index contributed by atoms with van der Waals surface area (Å²) in [6.07, 6.45) is 1.82. The molecule has 0 aliphatic carbocycles. The first-order valence-electron chi connectivity index (χ1n) is 8.30. The molecule has 1 heterocycles. The molecule has 0 aliphatic rings. The zero-order valence-corrected chi connectivity index (χ0v) is 15.2. The molecule has 0 fully saturated rings. The van der Waals surface area contributed by atoms with E-state index in [0.717, 1.165) is 6.21 Å². The maximum absolute atomic E-state index is 13.7. The van der Waals surface area contributed by atoms with Crippen LogP contribution in [0.4, 0.5) is 4.39 Å². The number of nitrogens with one attached hydrogen (secondary N) is 1. The summed E-state index contributed by atoms with van der Waals surface area (Å²) in [5, 5.41) is 8.93. The molecule has 0 spiro atoms. The molecule has 0 bridgehead atoms. The summed E-state index contributed by atoms with van der Waals surface area (Å²) >= 11 is 5.92. The zero-order valence-electron chi connectivity index (χ0n) is 14.4. The van der Waals surface area contributed by atoms with Crippen molar-refractivity contribution in [3.8, 4) is 0 Å². The normalized spacial score (nSPS) is 11.2. The van der Waals surface area contributed by atoms with Crippen molar-refractivity contribution in [1.29, 1.82) is 0 Å². The number of nitrogens with zero attached hydrogens (tertiary/aromatic N) is 3. The Kier molecular flexibility index (Phi) is 5.61. The smallest absolute Gasteiger partial charge is 0.267 e. The van der Waals surface area contributed by atoms with Crippen LogP contribution in [0, 0.1) is 5.82 Å². The number of aromatic nitrogens is 2. The largest absolute Gasteiger partial charge is 0.292 e. The number of carbonyl (C=O) groups excluding carboxylic acids is 1. The van der Waals surface area contributed by atoms with Gasteiger partial charge in [0.2, 0.25) is 0 Å². The van der Waals surface area contributed by atoms with Crippen molar-refractivity contribution in [3.05, 3.63) is 74.9 Å². The van der Waals surface area contributed by atoms with Crippen molar-refractivity contribution in [2.45, 2.75) is 19.9 Å². The highest BCUT2D eigenvalue weighted by atomic mass is 35.5. The molecule has 0 saturated heterocycles. The molecule has 6 nitrogen and oxygen atoms in total. The third kappa shape index (κ3) is 3.88. The molecule has 1 aromatic heterocycles. The second-order valence-corrected chi connectivity index (χ2v) is 6.16. The van der Waals surface area contributed by atoms with Gasteiger partial charge in [-0.05, 0) is 24.6 Å². The lowest BCUT2D eigenvalue weighted by molar-refractivity contribution is 0.0949. The van der Waals surface area contributed by atoms with Crippen LogP contribution < -0.4 is 11.0 Å². The van der Waals surface area contributed by atoms with E-state index in [-0.39, 0.29) is 21.8 Å². The monoisotopic (exact) mass is 386 g/mol. The van der Waals surface area contributed by atoms with Crippen LogP contribution in [0.25, 0.3) is 10.8 Å². The van der Waals surface area contributed by atoms with Crippen LogP contribution in [0.15, 0.2) is 52.4 Å². The highest BCUT2D eigenvalue weighted by molar-refractivity contribution is 6.33. The second-order valence-electron chi connectivity index (χ2n) is 5.76. The third-order valence-electron chi connectivity index (χ3n) is 3.88. The molecule has 1 amide bonds. The number of fused-ring (bicyclic) bond motifs is 1. The van der Waals surface area contributed by atoms with Gasteiger partial charge in [-0.25, -0.2) is 14.5 Å². The first kappa shape index (κ1) is 18.7. The minimum Gasteiger partial charge on any atom is -0.267 e. The summed E-state index contributed by atoms with van der Waals surface area (Å²) in [5.74, 6) is -1.17. The van der Waals surface area contributed by atoms with Gasteiger partial charge >= 0.3 is 0 Å². The van der Waals surface area contributed by atoms with Crippen LogP contribution in [0.1, 0.15) is 29.4 Å². The number of rotatable bonds is 5. The van der Waals surface area contributed by atoms with Gasteiger partial charge in [0.05, 0.1) is 16.6 Å². The molecule has 0 aliphatic heterocycles. The Bertz CT molecular complexity index is 1070. The minimum atomic E-state index is -0.611. The van der Waals surface area contributed by atoms with Crippen molar-refractivity contribution >= 4 is 34.5 Å². The molecule has 0 unspecified atom stereocenters. The predicted molar refractivity (Wildman–Crippen MR) is 103 cm³/mol. The van der Waals surface area contributed by atoms with E-state index in [2.05, 4.69) is 15.6 Å². The van der Waals surface area contributed by atoms with E-state index >= 15 is 0 Å². The van der Waals surface area contributed by atoms with E-state index < -0.39 is 11.7 Å². The number of hydrogen-bond donors (Lipinski definition) is 1. The predicted octanol–water partition coefficient (Wildman–Crippen LogP) is 3.36. The molecule has 2 aromatic carbocycles. The highest BCUT2D eigenvalue weighted by Gasteiger charge is 2.16. The summed E-state index contributed by atoms with van der Waals surface area (Å²) in [6, 6.07) is 11.0. The average Bonchev–Trinajstić information content (AvgIpc) is 2.66. The van der Waals surface area contributed by atoms with Crippen LogP contribution in [-0.4, -0.2) is 21.9 Å². The molecule has 3 rings (SSSR count). The fourth-order valence-electron chi connectivity index (χ4n) is 2.61. The fraction of sp³-hybridized carbons (Fsp3) is 0.158. The molecular weight excluding hydrogens is 371 g/mol. The van der Waals surface area contributed by atoms with Gasteiger partial charge in [0.1, 0.15) is 5.82 Å². The number of benzene rings is 2. The van der Waals surface area contributed by atoms with Crippen molar-refractivity contribution in [2.75, 3.05) is 0 Å². The molecule has 0 radical (unpaired) electrons.